The molecule has 0 heterocycles. The predicted molar refractivity (Wildman–Crippen MR) is 41.9 cm³/mol. The summed E-state index contributed by atoms with van der Waals surface area (Å²) in [6.45, 7) is 0. The lowest BCUT2D eigenvalue weighted by atomic mass is 10.0. The third kappa shape index (κ3) is 2.57. The summed E-state index contributed by atoms with van der Waals surface area (Å²) in [6.07, 6.45) is -0.800. The molecule has 2 atom stereocenters. The number of quaternary nitrogens is 1. The van der Waals surface area contributed by atoms with Crippen LogP contribution in [0.1, 0.15) is 6.42 Å². The first-order valence-electron chi connectivity index (χ1n) is 3.87. The van der Waals surface area contributed by atoms with Crippen LogP contribution in [0, 0.1) is 5.21 Å². The van der Waals surface area contributed by atoms with Crippen molar-refractivity contribution in [2.24, 2.45) is 0 Å². The van der Waals surface area contributed by atoms with Crippen molar-refractivity contribution in [1.29, 1.82) is 0 Å². The smallest absolute Gasteiger partial charge is 0.416 e. The Labute approximate surface area is 73.9 Å². The van der Waals surface area contributed by atoms with Crippen LogP contribution in [0.3, 0.4) is 0 Å². The largest absolute Gasteiger partial charge is 0.634 e. The van der Waals surface area contributed by atoms with Crippen molar-refractivity contribution >= 4 is 0 Å². The summed E-state index contributed by atoms with van der Waals surface area (Å²) in [6, 6.07) is -0.383. The molecule has 0 aromatic heterocycles. The number of likely N-dealkylation sites (N-methyl/N-ethyl adjacent to an activating group) is 1. The number of allylic oxidation sites excluding steroid dienone is 2. The van der Waals surface area contributed by atoms with Crippen molar-refractivity contribution in [3.05, 3.63) is 29.0 Å². The molecule has 2 unspecified atom stereocenters. The molecule has 5 heteroatoms. The minimum absolute atomic E-state index is 0.103. The van der Waals surface area contributed by atoms with E-state index < -0.39 is 11.7 Å². The van der Waals surface area contributed by atoms with Gasteiger partial charge in [0.25, 0.3) is 0 Å². The summed E-state index contributed by atoms with van der Waals surface area (Å²) in [5, 5.41) is 10.7. The molecule has 0 saturated carbocycles. The maximum atomic E-state index is 12.1. The number of rotatable bonds is 1. The van der Waals surface area contributed by atoms with E-state index in [1.807, 2.05) is 0 Å². The van der Waals surface area contributed by atoms with Crippen LogP contribution < -0.4 is 5.06 Å². The van der Waals surface area contributed by atoms with Gasteiger partial charge in [0.2, 0.25) is 0 Å². The van der Waals surface area contributed by atoms with Crippen LogP contribution in [0.2, 0.25) is 0 Å². The van der Waals surface area contributed by atoms with E-state index >= 15 is 0 Å². The van der Waals surface area contributed by atoms with Crippen molar-refractivity contribution in [3.63, 3.8) is 0 Å². The fourth-order valence-electron chi connectivity index (χ4n) is 1.13. The standard InChI is InChI=1S/C8H10F3NO/c1-12(13)7-4-2-6(3-5-7)8(9,10)11/h2-4,7,12H,5H2,1H3. The molecule has 2 nitrogen and oxygen atoms in total. The lowest BCUT2D eigenvalue weighted by molar-refractivity contribution is -0.846. The van der Waals surface area contributed by atoms with Crippen LogP contribution >= 0.6 is 0 Å². The van der Waals surface area contributed by atoms with E-state index in [0.29, 0.717) is 0 Å². The van der Waals surface area contributed by atoms with Crippen LogP contribution in [0.4, 0.5) is 13.2 Å². The van der Waals surface area contributed by atoms with Gasteiger partial charge in [0, 0.05) is 6.42 Å². The zero-order valence-electron chi connectivity index (χ0n) is 7.06. The van der Waals surface area contributed by atoms with Crippen molar-refractivity contribution in [2.75, 3.05) is 7.05 Å². The number of hydrogen-bond acceptors (Lipinski definition) is 1. The van der Waals surface area contributed by atoms with Gasteiger partial charge in [-0.2, -0.15) is 13.2 Å². The Morgan fingerprint density at radius 3 is 2.46 bits per heavy atom. The first-order valence-corrected chi connectivity index (χ1v) is 3.87. The average Bonchev–Trinajstić information content (AvgIpc) is 2.03. The Kier molecular flexibility index (Phi) is 2.77. The highest BCUT2D eigenvalue weighted by molar-refractivity contribution is 5.28. The second kappa shape index (κ2) is 3.51. The van der Waals surface area contributed by atoms with Crippen molar-refractivity contribution in [1.82, 2.24) is 0 Å². The number of hydrogen-bond donors (Lipinski definition) is 1. The molecule has 0 aromatic carbocycles. The summed E-state index contributed by atoms with van der Waals surface area (Å²) < 4.78 is 36.2. The molecule has 0 aliphatic heterocycles. The fraction of sp³-hybridized carbons (Fsp3) is 0.500. The van der Waals surface area contributed by atoms with Gasteiger partial charge in [-0.05, 0) is 12.2 Å². The summed E-state index contributed by atoms with van der Waals surface area (Å²) in [5.41, 5.74) is -0.662. The minimum atomic E-state index is -4.29. The third-order valence-corrected chi connectivity index (χ3v) is 1.95. The quantitative estimate of drug-likeness (QED) is 0.613. The highest BCUT2D eigenvalue weighted by atomic mass is 19.4. The van der Waals surface area contributed by atoms with Gasteiger partial charge >= 0.3 is 6.18 Å². The van der Waals surface area contributed by atoms with Crippen LogP contribution in [0.5, 0.6) is 0 Å². The topological polar surface area (TPSA) is 27.5 Å². The second-order valence-electron chi connectivity index (χ2n) is 2.97. The Balaban J connectivity index is 2.66. The van der Waals surface area contributed by atoms with Gasteiger partial charge in [0.15, 0.2) is 0 Å². The van der Waals surface area contributed by atoms with Gasteiger partial charge in [0.05, 0.1) is 12.6 Å². The van der Waals surface area contributed by atoms with Crippen LogP contribution in [0.25, 0.3) is 0 Å². The molecular weight excluding hydrogens is 183 g/mol. The molecule has 0 spiro atoms. The molecule has 1 aliphatic carbocycles. The number of hydroxylamine groups is 2. The molecular formula is C8H10F3NO. The van der Waals surface area contributed by atoms with Gasteiger partial charge in [-0.15, -0.1) is 0 Å². The van der Waals surface area contributed by atoms with E-state index in [0.717, 1.165) is 12.2 Å². The SMILES string of the molecule is C[NH+]([O-])C1C=CC(C(F)(F)F)=CC1. The van der Waals surface area contributed by atoms with Gasteiger partial charge < -0.3 is 10.3 Å². The molecule has 0 bridgehead atoms. The highest BCUT2D eigenvalue weighted by Gasteiger charge is 2.33. The Hall–Kier alpha value is -0.810. The van der Waals surface area contributed by atoms with E-state index in [2.05, 4.69) is 0 Å². The summed E-state index contributed by atoms with van der Waals surface area (Å²) in [4.78, 5) is 0. The van der Waals surface area contributed by atoms with Crippen molar-refractivity contribution in [2.45, 2.75) is 18.6 Å². The lowest BCUT2D eigenvalue weighted by Crippen LogP contribution is -3.08. The summed E-state index contributed by atoms with van der Waals surface area (Å²) in [5.74, 6) is 0. The maximum absolute atomic E-state index is 12.1. The van der Waals surface area contributed by atoms with E-state index in [-0.39, 0.29) is 17.5 Å². The van der Waals surface area contributed by atoms with Crippen LogP contribution in [0.15, 0.2) is 23.8 Å². The fourth-order valence-corrected chi connectivity index (χ4v) is 1.13. The van der Waals surface area contributed by atoms with Crippen molar-refractivity contribution in [3.8, 4) is 0 Å². The van der Waals surface area contributed by atoms with E-state index in [1.54, 1.807) is 0 Å². The molecule has 0 radical (unpaired) electrons. The predicted octanol–water partition coefficient (Wildman–Crippen LogP) is 0.816. The van der Waals surface area contributed by atoms with Gasteiger partial charge in [0.1, 0.15) is 6.04 Å². The third-order valence-electron chi connectivity index (χ3n) is 1.95. The molecule has 74 valence electrons. The highest BCUT2D eigenvalue weighted by Crippen LogP contribution is 2.28. The first kappa shape index (κ1) is 10.3. The molecule has 0 amide bonds. The monoisotopic (exact) mass is 193 g/mol. The maximum Gasteiger partial charge on any atom is 0.416 e. The van der Waals surface area contributed by atoms with Gasteiger partial charge in [-0.1, -0.05) is 6.08 Å². The zero-order valence-corrected chi connectivity index (χ0v) is 7.06. The molecule has 13 heavy (non-hydrogen) atoms. The molecule has 0 aromatic rings. The Morgan fingerprint density at radius 1 is 1.54 bits per heavy atom. The second-order valence-corrected chi connectivity index (χ2v) is 2.97. The Morgan fingerprint density at radius 2 is 2.15 bits per heavy atom. The van der Waals surface area contributed by atoms with Crippen LogP contribution in [-0.4, -0.2) is 19.3 Å². The number of nitrogens with one attached hydrogen (secondary N) is 1. The minimum Gasteiger partial charge on any atom is -0.634 e. The normalized spacial score (nSPS) is 25.6. The molecule has 1 aliphatic rings. The summed E-state index contributed by atoms with van der Waals surface area (Å²) in [7, 11) is 1.38. The lowest BCUT2D eigenvalue weighted by Gasteiger charge is -2.26. The van der Waals surface area contributed by atoms with E-state index in [1.165, 1.54) is 13.1 Å². The zero-order chi connectivity index (χ0) is 10.1. The number of halogens is 3. The molecule has 1 N–H and O–H groups in total. The van der Waals surface area contributed by atoms with E-state index in [4.69, 9.17) is 0 Å². The van der Waals surface area contributed by atoms with Crippen LogP contribution in [-0.2, 0) is 0 Å². The Bertz CT molecular complexity index is 242. The summed E-state index contributed by atoms with van der Waals surface area (Å²) >= 11 is 0. The average molecular weight is 193 g/mol. The van der Waals surface area contributed by atoms with Gasteiger partial charge in [-0.3, -0.25) is 0 Å². The van der Waals surface area contributed by atoms with E-state index in [9.17, 15) is 18.4 Å². The first-order chi connectivity index (χ1) is 5.91. The molecule has 1 rings (SSSR count). The molecule has 0 fully saturated rings. The molecule has 0 saturated heterocycles. The van der Waals surface area contributed by atoms with Gasteiger partial charge in [-0.25, -0.2) is 0 Å². The number of alkyl halides is 3. The van der Waals surface area contributed by atoms with Crippen molar-refractivity contribution < 1.29 is 18.2 Å².